The minimum atomic E-state index is 0.622. The van der Waals surface area contributed by atoms with Crippen molar-refractivity contribution in [3.63, 3.8) is 0 Å². The SMILES string of the molecule is CNC1CCC(Nc2ccnc3sc4c(c23)CCC4)CC1. The number of rotatable bonds is 3. The molecule has 0 radical (unpaired) electrons. The van der Waals surface area contributed by atoms with Gasteiger partial charge in [0.05, 0.1) is 0 Å². The fraction of sp³-hybridized carbons (Fsp3) is 0.588. The first-order valence-electron chi connectivity index (χ1n) is 8.18. The highest BCUT2D eigenvalue weighted by Gasteiger charge is 2.23. The lowest BCUT2D eigenvalue weighted by Gasteiger charge is -2.29. The Morgan fingerprint density at radius 3 is 2.76 bits per heavy atom. The van der Waals surface area contributed by atoms with Gasteiger partial charge in [-0.1, -0.05) is 0 Å². The Balaban J connectivity index is 1.59. The van der Waals surface area contributed by atoms with Crippen LogP contribution < -0.4 is 10.6 Å². The van der Waals surface area contributed by atoms with Crippen molar-refractivity contribution in [1.29, 1.82) is 0 Å². The number of nitrogens with zero attached hydrogens (tertiary/aromatic N) is 1. The number of fused-ring (bicyclic) bond motifs is 3. The second-order valence-corrected chi connectivity index (χ2v) is 7.46. The first-order chi connectivity index (χ1) is 10.3. The molecule has 2 aliphatic carbocycles. The Morgan fingerprint density at radius 1 is 1.14 bits per heavy atom. The number of pyridine rings is 1. The molecular formula is C17H23N3S. The molecule has 4 heteroatoms. The third-order valence-electron chi connectivity index (χ3n) is 5.10. The number of hydrogen-bond acceptors (Lipinski definition) is 4. The fourth-order valence-electron chi connectivity index (χ4n) is 3.89. The van der Waals surface area contributed by atoms with Gasteiger partial charge in [0.15, 0.2) is 0 Å². The Kier molecular flexibility index (Phi) is 3.59. The predicted molar refractivity (Wildman–Crippen MR) is 90.4 cm³/mol. The molecule has 112 valence electrons. The van der Waals surface area contributed by atoms with Crippen LogP contribution in [0.3, 0.4) is 0 Å². The molecule has 0 aromatic carbocycles. The molecule has 2 aromatic rings. The van der Waals surface area contributed by atoms with Crippen molar-refractivity contribution in [1.82, 2.24) is 10.3 Å². The minimum absolute atomic E-state index is 0.622. The van der Waals surface area contributed by atoms with E-state index in [1.165, 1.54) is 60.8 Å². The molecule has 2 heterocycles. The molecule has 2 aromatic heterocycles. The number of thiophene rings is 1. The second kappa shape index (κ2) is 5.58. The van der Waals surface area contributed by atoms with E-state index in [-0.39, 0.29) is 0 Å². The summed E-state index contributed by atoms with van der Waals surface area (Å²) in [7, 11) is 2.08. The lowest BCUT2D eigenvalue weighted by Crippen LogP contribution is -2.35. The minimum Gasteiger partial charge on any atom is -0.382 e. The fourth-order valence-corrected chi connectivity index (χ4v) is 5.14. The molecular weight excluding hydrogens is 278 g/mol. The molecule has 0 atom stereocenters. The molecule has 0 spiro atoms. The van der Waals surface area contributed by atoms with Gasteiger partial charge in [0.1, 0.15) is 4.83 Å². The molecule has 0 unspecified atom stereocenters. The van der Waals surface area contributed by atoms with Crippen LogP contribution in [0.4, 0.5) is 5.69 Å². The van der Waals surface area contributed by atoms with Gasteiger partial charge >= 0.3 is 0 Å². The Bertz CT molecular complexity index is 641. The van der Waals surface area contributed by atoms with Crippen LogP contribution in [-0.2, 0) is 12.8 Å². The number of anilines is 1. The van der Waals surface area contributed by atoms with Gasteiger partial charge in [-0.25, -0.2) is 4.98 Å². The van der Waals surface area contributed by atoms with Crippen molar-refractivity contribution in [2.45, 2.75) is 57.0 Å². The standard InChI is InChI=1S/C17H23N3S/c1-18-11-5-7-12(8-6-11)20-14-9-10-19-17-16(14)13-3-2-4-15(13)21-17/h9-12,18H,2-8H2,1H3,(H,19,20). The number of aromatic nitrogens is 1. The Morgan fingerprint density at radius 2 is 1.95 bits per heavy atom. The highest BCUT2D eigenvalue weighted by atomic mass is 32.1. The second-order valence-electron chi connectivity index (χ2n) is 6.38. The van der Waals surface area contributed by atoms with E-state index in [0.29, 0.717) is 12.1 Å². The zero-order valence-electron chi connectivity index (χ0n) is 12.6. The smallest absolute Gasteiger partial charge is 0.125 e. The molecule has 2 aliphatic rings. The first kappa shape index (κ1) is 13.5. The summed E-state index contributed by atoms with van der Waals surface area (Å²) in [6, 6.07) is 3.51. The van der Waals surface area contributed by atoms with Gasteiger partial charge in [0, 0.05) is 34.2 Å². The van der Waals surface area contributed by atoms with E-state index in [9.17, 15) is 0 Å². The number of nitrogens with one attached hydrogen (secondary N) is 2. The van der Waals surface area contributed by atoms with Crippen molar-refractivity contribution in [3.8, 4) is 0 Å². The van der Waals surface area contributed by atoms with Crippen molar-refractivity contribution in [2.75, 3.05) is 12.4 Å². The summed E-state index contributed by atoms with van der Waals surface area (Å²) in [5.74, 6) is 0. The van der Waals surface area contributed by atoms with Crippen LogP contribution in [0, 0.1) is 0 Å². The molecule has 1 saturated carbocycles. The number of hydrogen-bond donors (Lipinski definition) is 2. The summed E-state index contributed by atoms with van der Waals surface area (Å²) in [4.78, 5) is 7.40. The molecule has 0 saturated heterocycles. The van der Waals surface area contributed by atoms with Gasteiger partial charge < -0.3 is 10.6 Å². The van der Waals surface area contributed by atoms with Crippen LogP contribution in [0.5, 0.6) is 0 Å². The summed E-state index contributed by atoms with van der Waals surface area (Å²) in [5.41, 5.74) is 2.90. The summed E-state index contributed by atoms with van der Waals surface area (Å²) in [6.07, 6.45) is 10.9. The molecule has 4 rings (SSSR count). The summed E-state index contributed by atoms with van der Waals surface area (Å²) in [5, 5.41) is 8.66. The van der Waals surface area contributed by atoms with Gasteiger partial charge in [-0.05, 0) is 63.6 Å². The zero-order valence-corrected chi connectivity index (χ0v) is 13.4. The predicted octanol–water partition coefficient (Wildman–Crippen LogP) is 3.73. The average Bonchev–Trinajstić information content (AvgIpc) is 3.09. The van der Waals surface area contributed by atoms with E-state index in [1.807, 2.05) is 17.5 Å². The Hall–Kier alpha value is -1.13. The highest BCUT2D eigenvalue weighted by Crippen LogP contribution is 2.40. The molecule has 1 fully saturated rings. The number of aryl methyl sites for hydroxylation is 2. The van der Waals surface area contributed by atoms with E-state index in [2.05, 4.69) is 28.7 Å². The maximum absolute atomic E-state index is 4.59. The summed E-state index contributed by atoms with van der Waals surface area (Å²) < 4.78 is 0. The van der Waals surface area contributed by atoms with Crippen LogP contribution >= 0.6 is 11.3 Å². The lowest BCUT2D eigenvalue weighted by atomic mass is 9.91. The van der Waals surface area contributed by atoms with Crippen LogP contribution in [0.1, 0.15) is 42.5 Å². The topological polar surface area (TPSA) is 37.0 Å². The van der Waals surface area contributed by atoms with Gasteiger partial charge in [-0.15, -0.1) is 11.3 Å². The van der Waals surface area contributed by atoms with Crippen LogP contribution in [0.2, 0.25) is 0 Å². The van der Waals surface area contributed by atoms with Crippen molar-refractivity contribution in [3.05, 3.63) is 22.7 Å². The molecule has 2 N–H and O–H groups in total. The molecule has 0 aliphatic heterocycles. The van der Waals surface area contributed by atoms with Crippen LogP contribution in [-0.4, -0.2) is 24.1 Å². The van der Waals surface area contributed by atoms with E-state index < -0.39 is 0 Å². The van der Waals surface area contributed by atoms with Gasteiger partial charge in [-0.3, -0.25) is 0 Å². The quantitative estimate of drug-likeness (QED) is 0.907. The Labute approximate surface area is 130 Å². The monoisotopic (exact) mass is 301 g/mol. The van der Waals surface area contributed by atoms with Gasteiger partial charge in [0.25, 0.3) is 0 Å². The maximum Gasteiger partial charge on any atom is 0.125 e. The largest absolute Gasteiger partial charge is 0.382 e. The van der Waals surface area contributed by atoms with Gasteiger partial charge in [0.2, 0.25) is 0 Å². The highest BCUT2D eigenvalue weighted by molar-refractivity contribution is 7.19. The van der Waals surface area contributed by atoms with Crippen molar-refractivity contribution >= 4 is 27.2 Å². The van der Waals surface area contributed by atoms with E-state index in [1.54, 1.807) is 10.4 Å². The molecule has 21 heavy (non-hydrogen) atoms. The normalized spacial score (nSPS) is 25.2. The third kappa shape index (κ3) is 2.44. The molecule has 0 amide bonds. The van der Waals surface area contributed by atoms with Crippen molar-refractivity contribution < 1.29 is 0 Å². The summed E-state index contributed by atoms with van der Waals surface area (Å²) >= 11 is 1.91. The van der Waals surface area contributed by atoms with Crippen LogP contribution in [0.15, 0.2) is 12.3 Å². The van der Waals surface area contributed by atoms with Gasteiger partial charge in [-0.2, -0.15) is 0 Å². The van der Waals surface area contributed by atoms with Crippen molar-refractivity contribution in [2.24, 2.45) is 0 Å². The van der Waals surface area contributed by atoms with E-state index >= 15 is 0 Å². The zero-order chi connectivity index (χ0) is 14.2. The summed E-state index contributed by atoms with van der Waals surface area (Å²) in [6.45, 7) is 0. The molecule has 3 nitrogen and oxygen atoms in total. The third-order valence-corrected chi connectivity index (χ3v) is 6.30. The molecule has 0 bridgehead atoms. The maximum atomic E-state index is 4.59. The van der Waals surface area contributed by atoms with E-state index in [4.69, 9.17) is 0 Å². The first-order valence-corrected chi connectivity index (χ1v) is 9.00. The average molecular weight is 301 g/mol. The lowest BCUT2D eigenvalue weighted by molar-refractivity contribution is 0.371. The van der Waals surface area contributed by atoms with E-state index in [0.717, 1.165) is 0 Å². The van der Waals surface area contributed by atoms with Crippen LogP contribution in [0.25, 0.3) is 10.2 Å².